The lowest BCUT2D eigenvalue weighted by atomic mass is 9.98. The van der Waals surface area contributed by atoms with Gasteiger partial charge in [-0.05, 0) is 51.7 Å². The van der Waals surface area contributed by atoms with E-state index in [4.69, 9.17) is 20.0 Å². The summed E-state index contributed by atoms with van der Waals surface area (Å²) in [5.41, 5.74) is -0.626. The molecule has 7 nitrogen and oxygen atoms in total. The number of hydrogen-bond acceptors (Lipinski definition) is 6. The first kappa shape index (κ1) is 22.0. The highest BCUT2D eigenvalue weighted by Crippen LogP contribution is 2.29. The fourth-order valence-electron chi connectivity index (χ4n) is 2.81. The molecular formula is C21H25FN4O3. The Morgan fingerprint density at radius 2 is 1.97 bits per heavy atom. The number of likely N-dealkylation sites (tertiary alicyclic amines) is 1. The van der Waals surface area contributed by atoms with Gasteiger partial charge in [0.2, 0.25) is 0 Å². The molecule has 1 aliphatic rings. The van der Waals surface area contributed by atoms with E-state index in [0.717, 1.165) is 19.0 Å². The average Bonchev–Trinajstić information content (AvgIpc) is 2.67. The van der Waals surface area contributed by atoms with Crippen molar-refractivity contribution in [2.24, 2.45) is 5.92 Å². The van der Waals surface area contributed by atoms with Gasteiger partial charge in [0.15, 0.2) is 0 Å². The normalized spacial score (nSPS) is 14.3. The van der Waals surface area contributed by atoms with Gasteiger partial charge in [0.25, 0.3) is 0 Å². The molecule has 1 aromatic rings. The number of amides is 1. The van der Waals surface area contributed by atoms with Crippen LogP contribution in [0.25, 0.3) is 0 Å². The molecule has 0 radical (unpaired) electrons. The van der Waals surface area contributed by atoms with E-state index in [1.807, 2.05) is 20.8 Å². The third-order valence-electron chi connectivity index (χ3n) is 4.32. The van der Waals surface area contributed by atoms with Crippen LogP contribution in [0.15, 0.2) is 30.0 Å². The zero-order valence-corrected chi connectivity index (χ0v) is 16.9. The number of benzene rings is 1. The molecule has 29 heavy (non-hydrogen) atoms. The Kier molecular flexibility index (Phi) is 7.44. The number of nitrogens with one attached hydrogen (secondary N) is 1. The van der Waals surface area contributed by atoms with Crippen LogP contribution in [-0.2, 0) is 4.74 Å². The smallest absolute Gasteiger partial charge is 0.410 e. The lowest BCUT2D eigenvalue weighted by Gasteiger charge is -2.33. The number of halogens is 1. The van der Waals surface area contributed by atoms with Crippen LogP contribution in [0.3, 0.4) is 0 Å². The SMILES string of the molecule is CC(C)(C)OC(=O)N1CCC(COc2cccc(F)c2NC=C(C#N)C#N)CC1. The first-order valence-electron chi connectivity index (χ1n) is 9.39. The molecule has 0 spiro atoms. The molecule has 1 fully saturated rings. The van der Waals surface area contributed by atoms with Gasteiger partial charge >= 0.3 is 6.09 Å². The highest BCUT2D eigenvalue weighted by Gasteiger charge is 2.27. The Labute approximate surface area is 170 Å². The van der Waals surface area contributed by atoms with Crippen LogP contribution in [0.2, 0.25) is 0 Å². The molecule has 1 aliphatic heterocycles. The maximum Gasteiger partial charge on any atom is 0.410 e. The van der Waals surface area contributed by atoms with E-state index in [0.29, 0.717) is 25.4 Å². The van der Waals surface area contributed by atoms with Crippen LogP contribution in [0.5, 0.6) is 5.75 Å². The fraction of sp³-hybridized carbons (Fsp3) is 0.476. The molecule has 1 heterocycles. The number of carbonyl (C=O) groups excluding carboxylic acids is 1. The molecule has 0 saturated carbocycles. The van der Waals surface area contributed by atoms with E-state index in [1.165, 1.54) is 12.1 Å². The number of para-hydroxylation sites is 1. The van der Waals surface area contributed by atoms with E-state index < -0.39 is 11.4 Å². The molecule has 2 rings (SSSR count). The van der Waals surface area contributed by atoms with Crippen molar-refractivity contribution in [3.63, 3.8) is 0 Å². The molecule has 1 amide bonds. The molecule has 0 unspecified atom stereocenters. The van der Waals surface area contributed by atoms with Crippen LogP contribution in [0.1, 0.15) is 33.6 Å². The summed E-state index contributed by atoms with van der Waals surface area (Å²) in [5, 5.41) is 20.2. The van der Waals surface area contributed by atoms with Crippen molar-refractivity contribution < 1.29 is 18.7 Å². The molecule has 0 aliphatic carbocycles. The summed E-state index contributed by atoms with van der Waals surface area (Å²) in [6, 6.07) is 7.82. The number of ether oxygens (including phenoxy) is 2. The standard InChI is InChI=1S/C21H25FN4O3/c1-21(2,3)29-20(27)26-9-7-15(8-10-26)14-28-18-6-4-5-17(22)19(18)25-13-16(11-23)12-24/h4-6,13,15,25H,7-10,14H2,1-3H3. The first-order chi connectivity index (χ1) is 13.7. The van der Waals surface area contributed by atoms with Crippen molar-refractivity contribution in [3.05, 3.63) is 35.8 Å². The number of nitriles is 2. The van der Waals surface area contributed by atoms with Crippen molar-refractivity contribution in [2.75, 3.05) is 25.0 Å². The lowest BCUT2D eigenvalue weighted by Crippen LogP contribution is -2.42. The molecule has 0 atom stereocenters. The summed E-state index contributed by atoms with van der Waals surface area (Å²) in [5.74, 6) is -0.0334. The topological polar surface area (TPSA) is 98.4 Å². The van der Waals surface area contributed by atoms with Crippen molar-refractivity contribution in [3.8, 4) is 17.9 Å². The van der Waals surface area contributed by atoms with Crippen molar-refractivity contribution >= 4 is 11.8 Å². The predicted octanol–water partition coefficient (Wildman–Crippen LogP) is 4.19. The Morgan fingerprint density at radius 1 is 1.31 bits per heavy atom. The van der Waals surface area contributed by atoms with Gasteiger partial charge in [-0.1, -0.05) is 6.07 Å². The number of hydrogen-bond donors (Lipinski definition) is 1. The van der Waals surface area contributed by atoms with Crippen molar-refractivity contribution in [2.45, 2.75) is 39.2 Å². The summed E-state index contributed by atoms with van der Waals surface area (Å²) >= 11 is 0. The minimum absolute atomic E-state index is 0.0710. The second-order valence-corrected chi connectivity index (χ2v) is 7.76. The Morgan fingerprint density at radius 3 is 2.55 bits per heavy atom. The fourth-order valence-corrected chi connectivity index (χ4v) is 2.81. The third kappa shape index (κ3) is 6.69. The number of nitrogens with zero attached hydrogens (tertiary/aromatic N) is 3. The van der Waals surface area contributed by atoms with E-state index in [9.17, 15) is 9.18 Å². The quantitative estimate of drug-likeness (QED) is 0.744. The summed E-state index contributed by atoms with van der Waals surface area (Å²) in [6.07, 6.45) is 2.34. The van der Waals surface area contributed by atoms with Crippen LogP contribution in [-0.4, -0.2) is 36.3 Å². The van der Waals surface area contributed by atoms with Crippen LogP contribution >= 0.6 is 0 Å². The minimum atomic E-state index is -0.547. The molecule has 1 aromatic carbocycles. The molecule has 0 bridgehead atoms. The van der Waals surface area contributed by atoms with Crippen LogP contribution < -0.4 is 10.1 Å². The number of carbonyl (C=O) groups is 1. The molecule has 8 heteroatoms. The highest BCUT2D eigenvalue weighted by molar-refractivity contribution is 5.68. The van der Waals surface area contributed by atoms with Gasteiger partial charge in [-0.25, -0.2) is 9.18 Å². The Balaban J connectivity index is 1.92. The number of piperidine rings is 1. The summed E-state index contributed by atoms with van der Waals surface area (Å²) in [4.78, 5) is 13.8. The predicted molar refractivity (Wildman–Crippen MR) is 105 cm³/mol. The zero-order valence-electron chi connectivity index (χ0n) is 16.9. The Bertz CT molecular complexity index is 825. The van der Waals surface area contributed by atoms with Gasteiger partial charge in [0.1, 0.15) is 40.6 Å². The van der Waals surface area contributed by atoms with Gasteiger partial charge in [-0.3, -0.25) is 0 Å². The molecule has 0 aromatic heterocycles. The maximum atomic E-state index is 14.2. The van der Waals surface area contributed by atoms with E-state index in [1.54, 1.807) is 23.1 Å². The minimum Gasteiger partial charge on any atom is -0.491 e. The lowest BCUT2D eigenvalue weighted by molar-refractivity contribution is 0.0165. The number of allylic oxidation sites excluding steroid dienone is 1. The average molecular weight is 400 g/mol. The van der Waals surface area contributed by atoms with Gasteiger partial charge in [0, 0.05) is 19.3 Å². The zero-order chi connectivity index (χ0) is 21.4. The molecule has 1 N–H and O–H groups in total. The van der Waals surface area contributed by atoms with E-state index >= 15 is 0 Å². The summed E-state index contributed by atoms with van der Waals surface area (Å²) in [7, 11) is 0. The van der Waals surface area contributed by atoms with Crippen molar-refractivity contribution in [1.29, 1.82) is 10.5 Å². The largest absolute Gasteiger partial charge is 0.491 e. The number of anilines is 1. The maximum absolute atomic E-state index is 14.2. The van der Waals surface area contributed by atoms with Gasteiger partial charge in [-0.2, -0.15) is 10.5 Å². The second kappa shape index (κ2) is 9.79. The molecule has 1 saturated heterocycles. The van der Waals surface area contributed by atoms with Gasteiger partial charge in [-0.15, -0.1) is 0 Å². The Hall–Kier alpha value is -3.26. The second-order valence-electron chi connectivity index (χ2n) is 7.76. The van der Waals surface area contributed by atoms with E-state index in [2.05, 4.69) is 5.32 Å². The number of rotatable bonds is 5. The monoisotopic (exact) mass is 400 g/mol. The molecular weight excluding hydrogens is 375 g/mol. The summed E-state index contributed by atoms with van der Waals surface area (Å²) in [6.45, 7) is 7.03. The van der Waals surface area contributed by atoms with E-state index in [-0.39, 0.29) is 23.3 Å². The van der Waals surface area contributed by atoms with Gasteiger partial charge < -0.3 is 19.7 Å². The van der Waals surface area contributed by atoms with Gasteiger partial charge in [0.05, 0.1) is 6.61 Å². The van der Waals surface area contributed by atoms with Crippen LogP contribution in [0, 0.1) is 34.4 Å². The first-order valence-corrected chi connectivity index (χ1v) is 9.39. The van der Waals surface area contributed by atoms with Crippen LogP contribution in [0.4, 0.5) is 14.9 Å². The summed E-state index contributed by atoms with van der Waals surface area (Å²) < 4.78 is 25.3. The third-order valence-corrected chi connectivity index (χ3v) is 4.32. The van der Waals surface area contributed by atoms with Crippen molar-refractivity contribution in [1.82, 2.24) is 4.90 Å². The molecule has 154 valence electrons. The highest BCUT2D eigenvalue weighted by atomic mass is 19.1.